The number of hydrogen-bond donors (Lipinski definition) is 1. The number of carbonyl (C=O) groups excluding carboxylic acids is 1. The highest BCUT2D eigenvalue weighted by Crippen LogP contribution is 2.33. The Morgan fingerprint density at radius 2 is 1.88 bits per heavy atom. The zero-order chi connectivity index (χ0) is 18.0. The molecule has 0 unspecified atom stereocenters. The Bertz CT molecular complexity index is 851. The number of amides is 1. The van der Waals surface area contributed by atoms with Gasteiger partial charge in [-0.2, -0.15) is 0 Å². The van der Waals surface area contributed by atoms with Crippen LogP contribution >= 0.6 is 11.6 Å². The Morgan fingerprint density at radius 3 is 2.48 bits per heavy atom. The van der Waals surface area contributed by atoms with Crippen LogP contribution in [0, 0.1) is 10.1 Å². The predicted molar refractivity (Wildman–Crippen MR) is 95.7 cm³/mol. The van der Waals surface area contributed by atoms with Crippen LogP contribution in [-0.4, -0.2) is 17.9 Å². The van der Waals surface area contributed by atoms with Gasteiger partial charge in [-0.25, -0.2) is 0 Å². The van der Waals surface area contributed by atoms with Crippen molar-refractivity contribution < 1.29 is 14.5 Å². The molecule has 2 aromatic rings. The maximum atomic E-state index is 12.5. The molecule has 0 bridgehead atoms. The van der Waals surface area contributed by atoms with Crippen LogP contribution < -0.4 is 10.1 Å². The van der Waals surface area contributed by atoms with Crippen LogP contribution in [-0.2, 0) is 12.8 Å². The van der Waals surface area contributed by atoms with Crippen LogP contribution in [0.1, 0.15) is 34.3 Å². The van der Waals surface area contributed by atoms with Crippen LogP contribution in [0.3, 0.4) is 0 Å². The lowest BCUT2D eigenvalue weighted by atomic mass is 9.91. The summed E-state index contributed by atoms with van der Waals surface area (Å²) in [7, 11) is 1.55. The summed E-state index contributed by atoms with van der Waals surface area (Å²) in [6.45, 7) is 0. The summed E-state index contributed by atoms with van der Waals surface area (Å²) in [5.74, 6) is 0.154. The maximum absolute atomic E-state index is 12.5. The molecular formula is C18H17ClN2O4. The molecule has 7 heteroatoms. The van der Waals surface area contributed by atoms with Gasteiger partial charge < -0.3 is 10.1 Å². The second-order valence-electron chi connectivity index (χ2n) is 5.90. The number of non-ortho nitro benzene ring substituents is 1. The molecule has 0 saturated heterocycles. The van der Waals surface area contributed by atoms with Gasteiger partial charge in [0.15, 0.2) is 0 Å². The third kappa shape index (κ3) is 3.58. The minimum atomic E-state index is -0.555. The van der Waals surface area contributed by atoms with Crippen molar-refractivity contribution in [2.24, 2.45) is 0 Å². The van der Waals surface area contributed by atoms with Crippen LogP contribution in [0.5, 0.6) is 5.75 Å². The van der Waals surface area contributed by atoms with Crippen molar-refractivity contribution in [3.05, 3.63) is 62.2 Å². The van der Waals surface area contributed by atoms with E-state index in [1.165, 1.54) is 29.3 Å². The lowest BCUT2D eigenvalue weighted by Crippen LogP contribution is -2.14. The predicted octanol–water partition coefficient (Wildman–Crippen LogP) is 4.39. The number of halogens is 1. The fourth-order valence-corrected chi connectivity index (χ4v) is 3.28. The standard InChI is InChI=1S/C18H17ClN2O4/c1-25-17-9-12-5-3-2-4-11(12)8-16(17)20-18(22)14-7-6-13(21(23)24)10-15(14)19/h6-10H,2-5H2,1H3,(H,20,22). The van der Waals surface area contributed by atoms with E-state index in [1.807, 2.05) is 12.1 Å². The van der Waals surface area contributed by atoms with Gasteiger partial charge in [-0.05, 0) is 55.0 Å². The number of fused-ring (bicyclic) bond motifs is 1. The minimum Gasteiger partial charge on any atom is -0.495 e. The van der Waals surface area contributed by atoms with Crippen molar-refractivity contribution in [3.8, 4) is 5.75 Å². The summed E-state index contributed by atoms with van der Waals surface area (Å²) < 4.78 is 5.39. The highest BCUT2D eigenvalue weighted by molar-refractivity contribution is 6.34. The Labute approximate surface area is 149 Å². The SMILES string of the molecule is COc1cc2c(cc1NC(=O)c1ccc([N+](=O)[O-])cc1Cl)CCCC2. The Balaban J connectivity index is 1.89. The van der Waals surface area contributed by atoms with E-state index in [0.717, 1.165) is 25.7 Å². The third-order valence-electron chi connectivity index (χ3n) is 4.32. The number of aryl methyl sites for hydroxylation is 2. The number of ether oxygens (including phenoxy) is 1. The fourth-order valence-electron chi connectivity index (χ4n) is 3.02. The van der Waals surface area contributed by atoms with Crippen molar-refractivity contribution in [2.75, 3.05) is 12.4 Å². The number of nitro benzene ring substituents is 1. The van der Waals surface area contributed by atoms with E-state index in [2.05, 4.69) is 5.32 Å². The van der Waals surface area contributed by atoms with E-state index >= 15 is 0 Å². The zero-order valence-corrected chi connectivity index (χ0v) is 14.4. The third-order valence-corrected chi connectivity index (χ3v) is 4.63. The number of carbonyl (C=O) groups is 1. The molecule has 1 aliphatic rings. The average molecular weight is 361 g/mol. The summed E-state index contributed by atoms with van der Waals surface area (Å²) in [5, 5.41) is 13.6. The minimum absolute atomic E-state index is 0.0311. The molecule has 0 heterocycles. The van der Waals surface area contributed by atoms with E-state index in [9.17, 15) is 14.9 Å². The van der Waals surface area contributed by atoms with Crippen LogP contribution in [0.4, 0.5) is 11.4 Å². The molecule has 0 radical (unpaired) electrons. The van der Waals surface area contributed by atoms with E-state index in [4.69, 9.17) is 16.3 Å². The van der Waals surface area contributed by atoms with E-state index < -0.39 is 10.8 Å². The zero-order valence-electron chi connectivity index (χ0n) is 13.7. The molecule has 3 rings (SSSR count). The molecule has 1 amide bonds. The monoisotopic (exact) mass is 360 g/mol. The molecule has 0 aromatic heterocycles. The van der Waals surface area contributed by atoms with Gasteiger partial charge >= 0.3 is 0 Å². The van der Waals surface area contributed by atoms with Gasteiger partial charge in [0.25, 0.3) is 11.6 Å². The second kappa shape index (κ2) is 7.11. The number of nitrogens with zero attached hydrogens (tertiary/aromatic N) is 1. The first-order valence-corrected chi connectivity index (χ1v) is 8.32. The first kappa shape index (κ1) is 17.2. The van der Waals surface area contributed by atoms with E-state index in [-0.39, 0.29) is 16.3 Å². The van der Waals surface area contributed by atoms with Gasteiger partial charge in [0.05, 0.1) is 28.3 Å². The van der Waals surface area contributed by atoms with Crippen LogP contribution in [0.25, 0.3) is 0 Å². The molecule has 2 aromatic carbocycles. The summed E-state index contributed by atoms with van der Waals surface area (Å²) in [4.78, 5) is 22.8. The molecular weight excluding hydrogens is 344 g/mol. The molecule has 1 N–H and O–H groups in total. The lowest BCUT2D eigenvalue weighted by Gasteiger charge is -2.19. The Morgan fingerprint density at radius 1 is 1.20 bits per heavy atom. The van der Waals surface area contributed by atoms with Gasteiger partial charge in [-0.3, -0.25) is 14.9 Å². The van der Waals surface area contributed by atoms with Crippen LogP contribution in [0.2, 0.25) is 5.02 Å². The molecule has 0 atom stereocenters. The summed E-state index contributed by atoms with van der Waals surface area (Å²) in [6, 6.07) is 7.66. The number of rotatable bonds is 4. The van der Waals surface area contributed by atoms with Crippen molar-refractivity contribution in [2.45, 2.75) is 25.7 Å². The van der Waals surface area contributed by atoms with Gasteiger partial charge in [0, 0.05) is 12.1 Å². The number of nitro groups is 1. The van der Waals surface area contributed by atoms with Crippen LogP contribution in [0.15, 0.2) is 30.3 Å². The summed E-state index contributed by atoms with van der Waals surface area (Å²) >= 11 is 6.03. The average Bonchev–Trinajstić information content (AvgIpc) is 2.60. The van der Waals surface area contributed by atoms with Crippen molar-refractivity contribution in [3.63, 3.8) is 0 Å². The summed E-state index contributed by atoms with van der Waals surface area (Å²) in [6.07, 6.45) is 4.26. The van der Waals surface area contributed by atoms with Gasteiger partial charge in [-0.15, -0.1) is 0 Å². The fraction of sp³-hybridized carbons (Fsp3) is 0.278. The number of anilines is 1. The first-order valence-electron chi connectivity index (χ1n) is 7.94. The molecule has 0 saturated carbocycles. The highest BCUT2D eigenvalue weighted by atomic mass is 35.5. The highest BCUT2D eigenvalue weighted by Gasteiger charge is 2.19. The molecule has 0 spiro atoms. The molecule has 6 nitrogen and oxygen atoms in total. The first-order chi connectivity index (χ1) is 12.0. The number of benzene rings is 2. The maximum Gasteiger partial charge on any atom is 0.270 e. The molecule has 25 heavy (non-hydrogen) atoms. The largest absolute Gasteiger partial charge is 0.495 e. The lowest BCUT2D eigenvalue weighted by molar-refractivity contribution is -0.384. The molecule has 1 aliphatic carbocycles. The van der Waals surface area contributed by atoms with Gasteiger partial charge in [-0.1, -0.05) is 11.6 Å². The van der Waals surface area contributed by atoms with Crippen molar-refractivity contribution in [1.29, 1.82) is 0 Å². The van der Waals surface area contributed by atoms with Crippen molar-refractivity contribution in [1.82, 2.24) is 0 Å². The van der Waals surface area contributed by atoms with E-state index in [1.54, 1.807) is 7.11 Å². The van der Waals surface area contributed by atoms with Gasteiger partial charge in [0.1, 0.15) is 5.75 Å². The molecule has 0 aliphatic heterocycles. The van der Waals surface area contributed by atoms with Crippen molar-refractivity contribution >= 4 is 28.9 Å². The molecule has 0 fully saturated rings. The number of hydrogen-bond acceptors (Lipinski definition) is 4. The Kier molecular flexibility index (Phi) is 4.90. The normalized spacial score (nSPS) is 13.0. The quantitative estimate of drug-likeness (QED) is 0.647. The molecule has 130 valence electrons. The number of methoxy groups -OCH3 is 1. The topological polar surface area (TPSA) is 81.5 Å². The second-order valence-corrected chi connectivity index (χ2v) is 6.31. The number of nitrogens with one attached hydrogen (secondary N) is 1. The summed E-state index contributed by atoms with van der Waals surface area (Å²) in [5.41, 5.74) is 3.04. The van der Waals surface area contributed by atoms with E-state index in [0.29, 0.717) is 11.4 Å². The smallest absolute Gasteiger partial charge is 0.270 e. The Hall–Kier alpha value is -2.60. The van der Waals surface area contributed by atoms with Gasteiger partial charge in [0.2, 0.25) is 0 Å².